The number of carboxylic acid groups (broad SMARTS) is 2. The van der Waals surface area contributed by atoms with Crippen molar-refractivity contribution in [2.75, 3.05) is 26.4 Å². The molecule has 0 aromatic rings. The zero-order chi connectivity index (χ0) is 12.7. The average Bonchev–Trinajstić information content (AvgIpc) is 3.09. The topological polar surface area (TPSA) is 109 Å². The predicted octanol–water partition coefficient (Wildman–Crippen LogP) is -0.264. The lowest BCUT2D eigenvalue weighted by atomic mass is 10.3. The highest BCUT2D eigenvalue weighted by atomic mass is 16.6. The number of ether oxygens (including phenoxy) is 3. The van der Waals surface area contributed by atoms with Gasteiger partial charge < -0.3 is 24.4 Å². The van der Waals surface area contributed by atoms with E-state index in [0.29, 0.717) is 12.2 Å². The lowest BCUT2D eigenvalue weighted by Gasteiger charge is -1.95. The van der Waals surface area contributed by atoms with Gasteiger partial charge in [0.05, 0.1) is 39.3 Å². The summed E-state index contributed by atoms with van der Waals surface area (Å²) in [4.78, 5) is 19.3. The van der Waals surface area contributed by atoms with Crippen LogP contribution in [-0.4, -0.2) is 60.8 Å². The molecule has 17 heavy (non-hydrogen) atoms. The Bertz CT molecular complexity index is 231. The average molecular weight is 248 g/mol. The summed E-state index contributed by atoms with van der Waals surface area (Å²) in [5, 5.41) is 15.8. The van der Waals surface area contributed by atoms with Crippen molar-refractivity contribution in [1.82, 2.24) is 0 Å². The van der Waals surface area contributed by atoms with E-state index < -0.39 is 11.9 Å². The predicted molar refractivity (Wildman–Crippen MR) is 54.8 cm³/mol. The van der Waals surface area contributed by atoms with Crippen LogP contribution in [0.5, 0.6) is 0 Å². The van der Waals surface area contributed by atoms with Gasteiger partial charge in [-0.1, -0.05) is 0 Å². The largest absolute Gasteiger partial charge is 0.481 e. The van der Waals surface area contributed by atoms with Gasteiger partial charge in [-0.15, -0.1) is 0 Å². The monoisotopic (exact) mass is 248 g/mol. The van der Waals surface area contributed by atoms with Gasteiger partial charge in [0.15, 0.2) is 0 Å². The van der Waals surface area contributed by atoms with Gasteiger partial charge in [0.1, 0.15) is 12.2 Å². The first-order valence-electron chi connectivity index (χ1n) is 5.32. The number of hydrogen-bond acceptors (Lipinski definition) is 5. The van der Waals surface area contributed by atoms with Crippen molar-refractivity contribution >= 4 is 11.9 Å². The van der Waals surface area contributed by atoms with Crippen LogP contribution < -0.4 is 0 Å². The maximum atomic E-state index is 9.64. The van der Waals surface area contributed by atoms with Crippen LogP contribution in [0.4, 0.5) is 0 Å². The molecule has 2 N–H and O–H groups in total. The summed E-state index contributed by atoms with van der Waals surface area (Å²) in [6, 6.07) is 0. The highest BCUT2D eigenvalue weighted by molar-refractivity contribution is 5.75. The van der Waals surface area contributed by atoms with Crippen LogP contribution in [0, 0.1) is 0 Å². The maximum absolute atomic E-state index is 9.64. The summed E-state index contributed by atoms with van der Waals surface area (Å²) < 4.78 is 15.1. The number of aliphatic carboxylic acids is 2. The fourth-order valence-corrected chi connectivity index (χ4v) is 0.873. The fourth-order valence-electron chi connectivity index (χ4n) is 0.873. The van der Waals surface area contributed by atoms with E-state index in [0.717, 1.165) is 26.4 Å². The molecule has 2 atom stereocenters. The fraction of sp³-hybridized carbons (Fsp3) is 0.800. The second kappa shape index (κ2) is 7.21. The first-order chi connectivity index (χ1) is 8.08. The van der Waals surface area contributed by atoms with Crippen molar-refractivity contribution in [2.24, 2.45) is 0 Å². The first-order valence-corrected chi connectivity index (χ1v) is 5.32. The number of hydrogen-bond donors (Lipinski definition) is 2. The zero-order valence-electron chi connectivity index (χ0n) is 9.33. The zero-order valence-corrected chi connectivity index (χ0v) is 9.33. The van der Waals surface area contributed by atoms with E-state index in [2.05, 4.69) is 0 Å². The number of carboxylic acids is 2. The third kappa shape index (κ3) is 9.73. The molecular weight excluding hydrogens is 232 g/mol. The van der Waals surface area contributed by atoms with Crippen LogP contribution >= 0.6 is 0 Å². The molecule has 0 aliphatic carbocycles. The first kappa shape index (κ1) is 13.9. The summed E-state index contributed by atoms with van der Waals surface area (Å²) in [6.45, 7) is 3.26. The van der Waals surface area contributed by atoms with E-state index in [1.807, 2.05) is 0 Å². The van der Waals surface area contributed by atoms with Gasteiger partial charge in [0.2, 0.25) is 0 Å². The molecule has 0 spiro atoms. The maximum Gasteiger partial charge on any atom is 0.303 e. The van der Waals surface area contributed by atoms with Gasteiger partial charge >= 0.3 is 11.9 Å². The summed E-state index contributed by atoms with van der Waals surface area (Å²) >= 11 is 0. The van der Waals surface area contributed by atoms with Crippen molar-refractivity contribution in [3.63, 3.8) is 0 Å². The molecule has 0 amide bonds. The lowest BCUT2D eigenvalue weighted by molar-refractivity contribution is -0.143. The van der Waals surface area contributed by atoms with E-state index in [4.69, 9.17) is 24.4 Å². The molecule has 2 saturated heterocycles. The Morgan fingerprint density at radius 1 is 1.00 bits per heavy atom. The number of rotatable bonds is 7. The molecule has 2 aliphatic rings. The molecule has 2 aliphatic heterocycles. The van der Waals surface area contributed by atoms with Gasteiger partial charge in [-0.2, -0.15) is 0 Å². The Balaban J connectivity index is 0.000000172. The molecule has 0 aromatic carbocycles. The summed E-state index contributed by atoms with van der Waals surface area (Å²) in [7, 11) is 0. The van der Waals surface area contributed by atoms with Crippen LogP contribution in [0.2, 0.25) is 0 Å². The van der Waals surface area contributed by atoms with Crippen molar-refractivity contribution in [2.45, 2.75) is 25.0 Å². The molecule has 2 unspecified atom stereocenters. The molecule has 0 aromatic heterocycles. The Hall–Kier alpha value is -1.18. The second-order valence-electron chi connectivity index (χ2n) is 3.74. The molecule has 0 saturated carbocycles. The van der Waals surface area contributed by atoms with Gasteiger partial charge in [-0.3, -0.25) is 9.59 Å². The van der Waals surface area contributed by atoms with Gasteiger partial charge in [0.25, 0.3) is 0 Å². The summed E-state index contributed by atoms with van der Waals surface area (Å²) in [6.07, 6.45) is 0.192. The van der Waals surface area contributed by atoms with Crippen LogP contribution in [-0.2, 0) is 23.8 Å². The molecule has 7 heteroatoms. The quantitative estimate of drug-likeness (QED) is 0.597. The minimum absolute atomic E-state index is 0.296. The molecule has 2 heterocycles. The van der Waals surface area contributed by atoms with Crippen LogP contribution in [0.15, 0.2) is 0 Å². The van der Waals surface area contributed by atoms with Crippen LogP contribution in [0.3, 0.4) is 0 Å². The van der Waals surface area contributed by atoms with Crippen LogP contribution in [0.25, 0.3) is 0 Å². The third-order valence-corrected chi connectivity index (χ3v) is 1.96. The van der Waals surface area contributed by atoms with E-state index in [9.17, 15) is 9.59 Å². The van der Waals surface area contributed by atoms with Crippen molar-refractivity contribution in [3.05, 3.63) is 0 Å². The van der Waals surface area contributed by atoms with Crippen molar-refractivity contribution < 1.29 is 34.0 Å². The van der Waals surface area contributed by atoms with Gasteiger partial charge in [0, 0.05) is 0 Å². The summed E-state index contributed by atoms with van der Waals surface area (Å²) in [5.41, 5.74) is 0. The molecule has 0 bridgehead atoms. The third-order valence-electron chi connectivity index (χ3n) is 1.96. The SMILES string of the molecule is C(OCC1CO1)C1CO1.O=C(O)CCC(=O)O. The Labute approximate surface area is 98.3 Å². The van der Waals surface area contributed by atoms with Gasteiger partial charge in [-0.05, 0) is 0 Å². The van der Waals surface area contributed by atoms with Crippen molar-refractivity contribution in [1.29, 1.82) is 0 Å². The highest BCUT2D eigenvalue weighted by Crippen LogP contribution is 2.12. The molecule has 2 fully saturated rings. The summed E-state index contributed by atoms with van der Waals surface area (Å²) in [5.74, 6) is -2.15. The number of epoxide rings is 2. The van der Waals surface area contributed by atoms with Crippen LogP contribution in [0.1, 0.15) is 12.8 Å². The number of carbonyl (C=O) groups is 2. The normalized spacial score (nSPS) is 24.5. The second-order valence-corrected chi connectivity index (χ2v) is 3.74. The highest BCUT2D eigenvalue weighted by Gasteiger charge is 2.26. The Morgan fingerprint density at radius 2 is 1.35 bits per heavy atom. The molecule has 98 valence electrons. The Kier molecular flexibility index (Phi) is 5.88. The molecule has 2 rings (SSSR count). The smallest absolute Gasteiger partial charge is 0.303 e. The minimum Gasteiger partial charge on any atom is -0.481 e. The molecule has 0 radical (unpaired) electrons. The van der Waals surface area contributed by atoms with E-state index >= 15 is 0 Å². The van der Waals surface area contributed by atoms with E-state index in [1.54, 1.807) is 0 Å². The Morgan fingerprint density at radius 3 is 1.59 bits per heavy atom. The van der Waals surface area contributed by atoms with Gasteiger partial charge in [-0.25, -0.2) is 0 Å². The minimum atomic E-state index is -1.08. The van der Waals surface area contributed by atoms with E-state index in [1.165, 1.54) is 0 Å². The lowest BCUT2D eigenvalue weighted by Crippen LogP contribution is -2.06. The molecule has 7 nitrogen and oxygen atoms in total. The van der Waals surface area contributed by atoms with E-state index in [-0.39, 0.29) is 12.8 Å². The standard InChI is InChI=1S/C6H10O3.C4H6O4/c1(5-3-8-5)7-2-6-4-9-6;5-3(6)1-2-4(7)8/h5-6H,1-4H2;1-2H2,(H,5,6)(H,7,8). The van der Waals surface area contributed by atoms with Crippen molar-refractivity contribution in [3.8, 4) is 0 Å². The molecular formula is C10H16O7.